The monoisotopic (exact) mass is 298 g/mol. The molecule has 2 amide bonds. The average molecular weight is 298 g/mol. The first kappa shape index (κ1) is 16.1. The number of carbonyl (C=O) groups excluding carboxylic acids is 1. The molecule has 1 aliphatic heterocycles. The van der Waals surface area contributed by atoms with Gasteiger partial charge in [0.15, 0.2) is 0 Å². The molecule has 0 atom stereocenters. The fourth-order valence-electron chi connectivity index (χ4n) is 3.12. The zero-order chi connectivity index (χ0) is 15.5. The van der Waals surface area contributed by atoms with E-state index in [2.05, 4.69) is 17.6 Å². The van der Waals surface area contributed by atoms with Crippen LogP contribution in [0.1, 0.15) is 52.4 Å². The van der Waals surface area contributed by atoms with Crippen molar-refractivity contribution in [2.24, 2.45) is 5.92 Å². The Kier molecular flexibility index (Phi) is 4.76. The minimum absolute atomic E-state index is 0.315. The Labute approximate surface area is 125 Å². The molecule has 0 aromatic rings. The van der Waals surface area contributed by atoms with Gasteiger partial charge in [-0.25, -0.2) is 9.59 Å². The first-order chi connectivity index (χ1) is 9.85. The lowest BCUT2D eigenvalue weighted by Gasteiger charge is -2.39. The standard InChI is InChI=1S/C15H26N2O4/c1-11-3-5-15(6-4-11,12(18)19)17-13(20)16-14(2)7-9-21-10-8-14/h11H,3-10H2,1-2H3,(H,18,19)(H2,16,17,20). The number of hydrogen-bond donors (Lipinski definition) is 3. The predicted octanol–water partition coefficient (Wildman–Crippen LogP) is 1.89. The third kappa shape index (κ3) is 3.87. The van der Waals surface area contributed by atoms with Crippen LogP contribution in [0.2, 0.25) is 0 Å². The first-order valence-electron chi connectivity index (χ1n) is 7.77. The molecular formula is C15H26N2O4. The second-order valence-corrected chi connectivity index (χ2v) is 6.82. The van der Waals surface area contributed by atoms with Crippen molar-refractivity contribution in [2.45, 2.75) is 63.5 Å². The smallest absolute Gasteiger partial charge is 0.329 e. The van der Waals surface area contributed by atoms with Crippen molar-refractivity contribution in [1.82, 2.24) is 10.6 Å². The molecular weight excluding hydrogens is 272 g/mol. The molecule has 6 nitrogen and oxygen atoms in total. The van der Waals surface area contributed by atoms with Crippen LogP contribution in [0.5, 0.6) is 0 Å². The van der Waals surface area contributed by atoms with Gasteiger partial charge in [0.25, 0.3) is 0 Å². The molecule has 1 aliphatic carbocycles. The number of aliphatic carboxylic acids is 1. The number of urea groups is 1. The lowest BCUT2D eigenvalue weighted by molar-refractivity contribution is -0.146. The van der Waals surface area contributed by atoms with Crippen LogP contribution >= 0.6 is 0 Å². The van der Waals surface area contributed by atoms with E-state index in [4.69, 9.17) is 4.74 Å². The molecule has 3 N–H and O–H groups in total. The highest BCUT2D eigenvalue weighted by Gasteiger charge is 2.43. The summed E-state index contributed by atoms with van der Waals surface area (Å²) in [5.41, 5.74) is -1.43. The zero-order valence-corrected chi connectivity index (χ0v) is 12.9. The van der Waals surface area contributed by atoms with Crippen molar-refractivity contribution in [3.05, 3.63) is 0 Å². The number of hydrogen-bond acceptors (Lipinski definition) is 3. The van der Waals surface area contributed by atoms with Crippen molar-refractivity contribution >= 4 is 12.0 Å². The number of nitrogens with one attached hydrogen (secondary N) is 2. The summed E-state index contributed by atoms with van der Waals surface area (Å²) in [6, 6.07) is -0.378. The van der Waals surface area contributed by atoms with Gasteiger partial charge in [-0.1, -0.05) is 6.92 Å². The fraction of sp³-hybridized carbons (Fsp3) is 0.867. The van der Waals surface area contributed by atoms with Crippen LogP contribution in [-0.2, 0) is 9.53 Å². The molecule has 21 heavy (non-hydrogen) atoms. The van der Waals surface area contributed by atoms with Gasteiger partial charge in [0.2, 0.25) is 0 Å². The molecule has 2 aliphatic rings. The third-order valence-electron chi connectivity index (χ3n) is 4.90. The van der Waals surface area contributed by atoms with E-state index in [0.29, 0.717) is 32.0 Å². The van der Waals surface area contributed by atoms with E-state index >= 15 is 0 Å². The molecule has 0 aromatic heterocycles. The molecule has 120 valence electrons. The van der Waals surface area contributed by atoms with Crippen molar-refractivity contribution in [2.75, 3.05) is 13.2 Å². The molecule has 6 heteroatoms. The number of carboxylic acids is 1. The summed E-state index contributed by atoms with van der Waals surface area (Å²) in [4.78, 5) is 23.9. The number of carboxylic acid groups (broad SMARTS) is 1. The van der Waals surface area contributed by atoms with Crippen molar-refractivity contribution < 1.29 is 19.4 Å². The summed E-state index contributed by atoms with van der Waals surface area (Å²) in [5.74, 6) is -0.406. The molecule has 1 heterocycles. The summed E-state index contributed by atoms with van der Waals surface area (Å²) in [6.45, 7) is 5.34. The van der Waals surface area contributed by atoms with Crippen LogP contribution in [0.25, 0.3) is 0 Å². The summed E-state index contributed by atoms with van der Waals surface area (Å²) < 4.78 is 5.30. The number of rotatable bonds is 3. The van der Waals surface area contributed by atoms with Gasteiger partial charge >= 0.3 is 12.0 Å². The van der Waals surface area contributed by atoms with Gasteiger partial charge in [-0.15, -0.1) is 0 Å². The van der Waals surface area contributed by atoms with Gasteiger partial charge < -0.3 is 20.5 Å². The van der Waals surface area contributed by atoms with Gasteiger partial charge in [-0.05, 0) is 51.4 Å². The quantitative estimate of drug-likeness (QED) is 0.742. The molecule has 2 rings (SSSR count). The zero-order valence-electron chi connectivity index (χ0n) is 12.9. The highest BCUT2D eigenvalue weighted by Crippen LogP contribution is 2.32. The maximum atomic E-state index is 12.2. The van der Waals surface area contributed by atoms with Crippen LogP contribution in [0.3, 0.4) is 0 Å². The van der Waals surface area contributed by atoms with Crippen LogP contribution in [0.4, 0.5) is 4.79 Å². The summed E-state index contributed by atoms with van der Waals surface area (Å²) in [5, 5.41) is 15.2. The maximum absolute atomic E-state index is 12.2. The highest BCUT2D eigenvalue weighted by atomic mass is 16.5. The topological polar surface area (TPSA) is 87.7 Å². The van der Waals surface area contributed by atoms with Crippen LogP contribution in [0.15, 0.2) is 0 Å². The van der Waals surface area contributed by atoms with Crippen molar-refractivity contribution in [3.63, 3.8) is 0 Å². The first-order valence-corrected chi connectivity index (χ1v) is 7.77. The van der Waals surface area contributed by atoms with E-state index < -0.39 is 11.5 Å². The number of ether oxygens (including phenoxy) is 1. The summed E-state index contributed by atoms with van der Waals surface area (Å²) in [6.07, 6.45) is 4.15. The molecule has 0 aromatic carbocycles. The Balaban J connectivity index is 1.97. The SMILES string of the molecule is CC1CCC(NC(=O)NC2(C)CCOCC2)(C(=O)O)CC1. The Morgan fingerprint density at radius 1 is 1.10 bits per heavy atom. The summed E-state index contributed by atoms with van der Waals surface area (Å²) >= 11 is 0. The molecule has 1 saturated heterocycles. The Morgan fingerprint density at radius 3 is 2.19 bits per heavy atom. The minimum Gasteiger partial charge on any atom is -0.480 e. The van der Waals surface area contributed by atoms with Gasteiger partial charge in [0.05, 0.1) is 0 Å². The van der Waals surface area contributed by atoms with E-state index in [1.165, 1.54) is 0 Å². The van der Waals surface area contributed by atoms with E-state index in [1.807, 2.05) is 6.92 Å². The van der Waals surface area contributed by atoms with Gasteiger partial charge in [0, 0.05) is 18.8 Å². The highest BCUT2D eigenvalue weighted by molar-refractivity contribution is 5.86. The Hall–Kier alpha value is -1.30. The lowest BCUT2D eigenvalue weighted by atomic mass is 9.77. The molecule has 0 unspecified atom stereocenters. The van der Waals surface area contributed by atoms with Crippen molar-refractivity contribution in [3.8, 4) is 0 Å². The molecule has 0 radical (unpaired) electrons. The van der Waals surface area contributed by atoms with Crippen LogP contribution in [-0.4, -0.2) is 41.4 Å². The van der Waals surface area contributed by atoms with E-state index in [-0.39, 0.29) is 11.6 Å². The Bertz CT molecular complexity index is 396. The Morgan fingerprint density at radius 2 is 1.67 bits per heavy atom. The van der Waals surface area contributed by atoms with Crippen LogP contribution < -0.4 is 10.6 Å². The number of amides is 2. The number of carbonyl (C=O) groups is 2. The van der Waals surface area contributed by atoms with E-state index in [9.17, 15) is 14.7 Å². The van der Waals surface area contributed by atoms with Crippen molar-refractivity contribution in [1.29, 1.82) is 0 Å². The second-order valence-electron chi connectivity index (χ2n) is 6.82. The molecule has 1 saturated carbocycles. The lowest BCUT2D eigenvalue weighted by Crippen LogP contribution is -2.62. The third-order valence-corrected chi connectivity index (χ3v) is 4.90. The fourth-order valence-corrected chi connectivity index (χ4v) is 3.12. The largest absolute Gasteiger partial charge is 0.480 e. The maximum Gasteiger partial charge on any atom is 0.329 e. The average Bonchev–Trinajstić information content (AvgIpc) is 2.41. The van der Waals surface area contributed by atoms with E-state index in [1.54, 1.807) is 0 Å². The molecule has 0 spiro atoms. The van der Waals surface area contributed by atoms with Gasteiger partial charge in [0.1, 0.15) is 5.54 Å². The summed E-state index contributed by atoms with van der Waals surface area (Å²) in [7, 11) is 0. The van der Waals surface area contributed by atoms with Gasteiger partial charge in [-0.2, -0.15) is 0 Å². The molecule has 2 fully saturated rings. The normalized spacial score (nSPS) is 32.2. The van der Waals surface area contributed by atoms with E-state index in [0.717, 1.165) is 25.7 Å². The second kappa shape index (κ2) is 6.22. The van der Waals surface area contributed by atoms with Crippen LogP contribution in [0, 0.1) is 5.92 Å². The minimum atomic E-state index is -1.11. The predicted molar refractivity (Wildman–Crippen MR) is 78.1 cm³/mol. The molecule has 0 bridgehead atoms. The van der Waals surface area contributed by atoms with Gasteiger partial charge in [-0.3, -0.25) is 0 Å².